The van der Waals surface area contributed by atoms with Gasteiger partial charge in [0.05, 0.1) is 7.11 Å². The maximum atomic E-state index is 13.7. The number of ether oxygens (including phenoxy) is 1. The van der Waals surface area contributed by atoms with Crippen molar-refractivity contribution in [1.29, 1.82) is 0 Å². The lowest BCUT2D eigenvalue weighted by molar-refractivity contribution is -0.121. The highest BCUT2D eigenvalue weighted by atomic mass is 19.1. The highest BCUT2D eigenvalue weighted by Gasteiger charge is 2.09. The molecule has 0 radical (unpaired) electrons. The zero-order valence-electron chi connectivity index (χ0n) is 16.4. The van der Waals surface area contributed by atoms with Gasteiger partial charge in [0.1, 0.15) is 0 Å². The van der Waals surface area contributed by atoms with E-state index in [1.165, 1.54) is 18.7 Å². The Morgan fingerprint density at radius 3 is 2.44 bits per heavy atom. The van der Waals surface area contributed by atoms with E-state index in [4.69, 9.17) is 4.74 Å². The second-order valence-electron chi connectivity index (χ2n) is 6.48. The summed E-state index contributed by atoms with van der Waals surface area (Å²) in [5.41, 5.74) is 3.15. The van der Waals surface area contributed by atoms with Crippen molar-refractivity contribution in [3.05, 3.63) is 65.0 Å². The Morgan fingerprint density at radius 1 is 1.11 bits per heavy atom. The largest absolute Gasteiger partial charge is 0.494 e. The lowest BCUT2D eigenvalue weighted by atomic mass is 10.1. The number of hydrogen-bond donors (Lipinski definition) is 1. The van der Waals surface area contributed by atoms with Gasteiger partial charge in [0.25, 0.3) is 0 Å². The molecule has 0 aliphatic heterocycles. The van der Waals surface area contributed by atoms with Gasteiger partial charge in [0, 0.05) is 19.5 Å². The molecule has 0 saturated carbocycles. The predicted octanol–water partition coefficient (Wildman–Crippen LogP) is 3.93. The molecule has 146 valence electrons. The highest BCUT2D eigenvalue weighted by molar-refractivity contribution is 5.76. The van der Waals surface area contributed by atoms with Crippen LogP contribution in [0.5, 0.6) is 5.75 Å². The summed E-state index contributed by atoms with van der Waals surface area (Å²) >= 11 is 0. The van der Waals surface area contributed by atoms with E-state index in [1.54, 1.807) is 12.1 Å². The molecule has 2 aromatic rings. The number of methoxy groups -OCH3 is 1. The minimum atomic E-state index is -0.402. The molecule has 5 heteroatoms. The quantitative estimate of drug-likeness (QED) is 0.687. The van der Waals surface area contributed by atoms with Crippen molar-refractivity contribution >= 4 is 5.91 Å². The number of aryl methyl sites for hydroxylation is 1. The fraction of sp³-hybridized carbons (Fsp3) is 0.409. The summed E-state index contributed by atoms with van der Waals surface area (Å²) in [6, 6.07) is 13.0. The van der Waals surface area contributed by atoms with E-state index in [0.717, 1.165) is 30.8 Å². The van der Waals surface area contributed by atoms with Crippen LogP contribution in [0.3, 0.4) is 0 Å². The molecule has 27 heavy (non-hydrogen) atoms. The van der Waals surface area contributed by atoms with E-state index in [2.05, 4.69) is 36.2 Å². The molecule has 0 fully saturated rings. The van der Waals surface area contributed by atoms with Crippen LogP contribution in [0.2, 0.25) is 0 Å². The van der Waals surface area contributed by atoms with Gasteiger partial charge < -0.3 is 10.1 Å². The summed E-state index contributed by atoms with van der Waals surface area (Å²) in [6.45, 7) is 7.68. The average molecular weight is 372 g/mol. The van der Waals surface area contributed by atoms with Crippen LogP contribution < -0.4 is 10.1 Å². The summed E-state index contributed by atoms with van der Waals surface area (Å²) in [5, 5.41) is 2.98. The molecule has 0 atom stereocenters. The second kappa shape index (κ2) is 10.7. The molecule has 0 bridgehead atoms. The standard InChI is InChI=1S/C22H29FN2O2/c1-4-25(5-2)16-19-9-7-6-8-18(19)15-24-22(26)13-11-17-10-12-21(27-3)20(23)14-17/h6-10,12,14H,4-5,11,13,15-16H2,1-3H3,(H,24,26). The normalized spacial score (nSPS) is 10.9. The highest BCUT2D eigenvalue weighted by Crippen LogP contribution is 2.18. The van der Waals surface area contributed by atoms with Gasteiger partial charge in [-0.3, -0.25) is 9.69 Å². The van der Waals surface area contributed by atoms with Gasteiger partial charge in [0.15, 0.2) is 11.6 Å². The predicted molar refractivity (Wildman–Crippen MR) is 106 cm³/mol. The molecular weight excluding hydrogens is 343 g/mol. The lowest BCUT2D eigenvalue weighted by Gasteiger charge is -2.20. The van der Waals surface area contributed by atoms with Crippen molar-refractivity contribution in [2.45, 2.75) is 39.8 Å². The van der Waals surface area contributed by atoms with Crippen molar-refractivity contribution in [2.75, 3.05) is 20.2 Å². The van der Waals surface area contributed by atoms with Gasteiger partial charge >= 0.3 is 0 Å². The first kappa shape index (κ1) is 20.9. The zero-order valence-corrected chi connectivity index (χ0v) is 16.4. The number of hydrogen-bond acceptors (Lipinski definition) is 3. The molecule has 0 saturated heterocycles. The third-order valence-corrected chi connectivity index (χ3v) is 4.74. The van der Waals surface area contributed by atoms with Crippen molar-refractivity contribution < 1.29 is 13.9 Å². The molecule has 0 aliphatic rings. The summed E-state index contributed by atoms with van der Waals surface area (Å²) in [6.07, 6.45) is 0.817. The molecule has 0 spiro atoms. The van der Waals surface area contributed by atoms with E-state index in [0.29, 0.717) is 19.4 Å². The summed E-state index contributed by atoms with van der Waals surface area (Å²) in [5.74, 6) is -0.224. The van der Waals surface area contributed by atoms with Crippen LogP contribution >= 0.6 is 0 Å². The Balaban J connectivity index is 1.88. The Bertz CT molecular complexity index is 745. The number of rotatable bonds is 10. The fourth-order valence-electron chi connectivity index (χ4n) is 2.98. The lowest BCUT2D eigenvalue weighted by Crippen LogP contribution is -2.26. The topological polar surface area (TPSA) is 41.6 Å². The molecule has 0 aromatic heterocycles. The van der Waals surface area contributed by atoms with E-state index < -0.39 is 5.82 Å². The van der Waals surface area contributed by atoms with Crippen LogP contribution in [0, 0.1) is 5.82 Å². The fourth-order valence-corrected chi connectivity index (χ4v) is 2.98. The first-order valence-electron chi connectivity index (χ1n) is 9.45. The second-order valence-corrected chi connectivity index (χ2v) is 6.48. The molecule has 1 N–H and O–H groups in total. The van der Waals surface area contributed by atoms with Crippen LogP contribution in [-0.2, 0) is 24.3 Å². The van der Waals surface area contributed by atoms with E-state index in [1.807, 2.05) is 12.1 Å². The number of carbonyl (C=O) groups excluding carboxylic acids is 1. The first-order chi connectivity index (χ1) is 13.1. The van der Waals surface area contributed by atoms with E-state index >= 15 is 0 Å². The van der Waals surface area contributed by atoms with Crippen LogP contribution in [0.4, 0.5) is 4.39 Å². The van der Waals surface area contributed by atoms with Gasteiger partial charge in [0.2, 0.25) is 5.91 Å². The summed E-state index contributed by atoms with van der Waals surface area (Å²) in [7, 11) is 1.43. The van der Waals surface area contributed by atoms with Crippen LogP contribution in [-0.4, -0.2) is 31.0 Å². The SMILES string of the molecule is CCN(CC)Cc1ccccc1CNC(=O)CCc1ccc(OC)c(F)c1. The van der Waals surface area contributed by atoms with Crippen LogP contribution in [0.25, 0.3) is 0 Å². The van der Waals surface area contributed by atoms with Gasteiger partial charge in [-0.15, -0.1) is 0 Å². The molecule has 0 aliphatic carbocycles. The number of benzene rings is 2. The third-order valence-electron chi connectivity index (χ3n) is 4.74. The monoisotopic (exact) mass is 372 g/mol. The number of halogens is 1. The van der Waals surface area contributed by atoms with Crippen LogP contribution in [0.1, 0.15) is 37.0 Å². The molecule has 2 rings (SSSR count). The molecule has 4 nitrogen and oxygen atoms in total. The number of nitrogens with zero attached hydrogens (tertiary/aromatic N) is 1. The van der Waals surface area contributed by atoms with Crippen molar-refractivity contribution in [3.8, 4) is 5.75 Å². The zero-order chi connectivity index (χ0) is 19.6. The molecule has 2 aromatic carbocycles. The maximum absolute atomic E-state index is 13.7. The number of amides is 1. The van der Waals surface area contributed by atoms with Gasteiger partial charge in [-0.1, -0.05) is 44.2 Å². The Labute approximate surface area is 161 Å². The van der Waals surface area contributed by atoms with Gasteiger partial charge in [-0.2, -0.15) is 0 Å². The average Bonchev–Trinajstić information content (AvgIpc) is 2.69. The van der Waals surface area contributed by atoms with Crippen molar-refractivity contribution in [2.24, 2.45) is 0 Å². The van der Waals surface area contributed by atoms with Crippen molar-refractivity contribution in [1.82, 2.24) is 10.2 Å². The van der Waals surface area contributed by atoms with Gasteiger partial charge in [-0.05, 0) is 48.3 Å². The summed E-state index contributed by atoms with van der Waals surface area (Å²) < 4.78 is 18.6. The van der Waals surface area contributed by atoms with E-state index in [-0.39, 0.29) is 11.7 Å². The summed E-state index contributed by atoms with van der Waals surface area (Å²) in [4.78, 5) is 14.5. The Hall–Kier alpha value is -2.40. The Morgan fingerprint density at radius 2 is 1.81 bits per heavy atom. The van der Waals surface area contributed by atoms with Gasteiger partial charge in [-0.25, -0.2) is 4.39 Å². The number of carbonyl (C=O) groups is 1. The van der Waals surface area contributed by atoms with Crippen molar-refractivity contribution in [3.63, 3.8) is 0 Å². The number of nitrogens with one attached hydrogen (secondary N) is 1. The first-order valence-corrected chi connectivity index (χ1v) is 9.45. The maximum Gasteiger partial charge on any atom is 0.220 e. The molecule has 0 unspecified atom stereocenters. The third kappa shape index (κ3) is 6.36. The van der Waals surface area contributed by atoms with Crippen LogP contribution in [0.15, 0.2) is 42.5 Å². The molecule has 1 amide bonds. The smallest absolute Gasteiger partial charge is 0.220 e. The minimum absolute atomic E-state index is 0.0381. The van der Waals surface area contributed by atoms with E-state index in [9.17, 15) is 9.18 Å². The molecular formula is C22H29FN2O2. The Kier molecular flexibility index (Phi) is 8.27. The molecule has 0 heterocycles. The minimum Gasteiger partial charge on any atom is -0.494 e.